The van der Waals surface area contributed by atoms with E-state index < -0.39 is 10.1 Å². The van der Waals surface area contributed by atoms with E-state index in [1.54, 1.807) is 24.3 Å². The van der Waals surface area contributed by atoms with Crippen molar-refractivity contribution in [2.75, 3.05) is 4.90 Å². The Labute approximate surface area is 350 Å². The van der Waals surface area contributed by atoms with Gasteiger partial charge >= 0.3 is 10.1 Å². The number of carbonyl (C=O) groups excluding carboxylic acids is 2. The monoisotopic (exact) mass is 811 g/mol. The average molecular weight is 812 g/mol. The molecular weight excluding hydrogens is 751 g/mol. The highest BCUT2D eigenvalue weighted by Crippen LogP contribution is 2.74. The van der Waals surface area contributed by atoms with Gasteiger partial charge in [-0.25, -0.2) is 0 Å². The first-order chi connectivity index (χ1) is 28.8. The summed E-state index contributed by atoms with van der Waals surface area (Å²) in [7, 11) is -4.22. The SMILES string of the molecule is O=C1CCC(=O)N1c1ccc(OS(=O)(=O)c2c(C3CC4CC3C3C5CCC(C5)C43)cc(C3CC4CC3C3C5CCC(C5)C43)cc2C2CC3CC2C2C4CCC(C4)C32)cc1. The zero-order chi connectivity index (χ0) is 38.8. The number of rotatable bonds is 7. The average Bonchev–Trinajstić information content (AvgIpc) is 4.09. The highest BCUT2D eigenvalue weighted by molar-refractivity contribution is 7.87. The number of fused-ring (bicyclic) bond motifs is 27. The molecule has 1 saturated heterocycles. The molecule has 13 aliphatic rings. The van der Waals surface area contributed by atoms with Crippen LogP contribution in [0.3, 0.4) is 0 Å². The molecule has 1 heterocycles. The van der Waals surface area contributed by atoms with Gasteiger partial charge in [0.2, 0.25) is 11.8 Å². The van der Waals surface area contributed by atoms with E-state index in [9.17, 15) is 9.59 Å². The topological polar surface area (TPSA) is 80.8 Å². The van der Waals surface area contributed by atoms with Crippen molar-refractivity contribution in [1.82, 2.24) is 0 Å². The summed E-state index contributed by atoms with van der Waals surface area (Å²) in [6.45, 7) is 0. The van der Waals surface area contributed by atoms with Gasteiger partial charge in [0, 0.05) is 12.8 Å². The Morgan fingerprint density at radius 2 is 0.881 bits per heavy atom. The summed E-state index contributed by atoms with van der Waals surface area (Å²) >= 11 is 0. The van der Waals surface area contributed by atoms with Crippen LogP contribution in [0, 0.1) is 107 Å². The van der Waals surface area contributed by atoms with Crippen LogP contribution >= 0.6 is 0 Å². The molecule has 310 valence electrons. The zero-order valence-electron chi connectivity index (χ0n) is 34.5. The number of nitrogens with zero attached hydrogens (tertiary/aromatic N) is 1. The van der Waals surface area contributed by atoms with E-state index in [1.165, 1.54) is 93.9 Å². The van der Waals surface area contributed by atoms with E-state index in [0.717, 1.165) is 119 Å². The summed E-state index contributed by atoms with van der Waals surface area (Å²) in [5.41, 5.74) is 4.33. The molecule has 0 spiro atoms. The third-order valence-electron chi connectivity index (χ3n) is 22.2. The fourth-order valence-corrected chi connectivity index (χ4v) is 22.7. The molecule has 2 aromatic carbocycles. The quantitative estimate of drug-likeness (QED) is 0.158. The molecule has 6 nitrogen and oxygen atoms in total. The van der Waals surface area contributed by atoms with Crippen molar-refractivity contribution >= 4 is 27.6 Å². The van der Waals surface area contributed by atoms with Crippen molar-refractivity contribution in [2.24, 2.45) is 107 Å². The molecule has 12 saturated carbocycles. The predicted octanol–water partition coefficient (Wildman–Crippen LogP) is 10.5. The normalized spacial score (nSPS) is 50.9. The van der Waals surface area contributed by atoms with Gasteiger partial charge in [0.25, 0.3) is 0 Å². The molecule has 59 heavy (non-hydrogen) atoms. The van der Waals surface area contributed by atoms with Gasteiger partial charge in [-0.1, -0.05) is 12.1 Å². The molecule has 2 aromatic rings. The number of imide groups is 1. The van der Waals surface area contributed by atoms with Crippen molar-refractivity contribution in [3.63, 3.8) is 0 Å². The standard InChI is InChI=1S/C52H61NO5S/c54-44-11-12-45(55)53(44)34-7-9-35(10-8-34)58-59(56,57)52-42(37-19-32-22-40(37)50-28-5-2-25(14-28)47(32)50)16-30(36-18-31-21-39(36)49-27-4-1-24(13-27)46(31)49)17-43(52)38-20-33-23-41(38)51-29-6-3-26(15-29)48(33)51/h7-10,16-17,24-29,31-33,36-41,46-51H,1-6,11-15,18-23H2. The van der Waals surface area contributed by atoms with Crippen molar-refractivity contribution < 1.29 is 22.2 Å². The van der Waals surface area contributed by atoms with Crippen molar-refractivity contribution in [3.05, 3.63) is 53.1 Å². The van der Waals surface area contributed by atoms with E-state index in [4.69, 9.17) is 4.18 Å². The molecule has 0 radical (unpaired) electrons. The Morgan fingerprint density at radius 1 is 0.475 bits per heavy atom. The number of amides is 2. The van der Waals surface area contributed by atoms with Crippen molar-refractivity contribution in [1.29, 1.82) is 0 Å². The number of hydrogen-bond donors (Lipinski definition) is 0. The van der Waals surface area contributed by atoms with Crippen LogP contribution in [0.2, 0.25) is 0 Å². The summed E-state index contributed by atoms with van der Waals surface area (Å²) in [5.74, 6) is 15.9. The summed E-state index contributed by atoms with van der Waals surface area (Å²) in [5, 5.41) is 0. The van der Waals surface area contributed by atoms with Crippen LogP contribution in [-0.4, -0.2) is 20.2 Å². The lowest BCUT2D eigenvalue weighted by molar-refractivity contribution is -0.121. The van der Waals surface area contributed by atoms with Gasteiger partial charge in [0.05, 0.1) is 5.69 Å². The second-order valence-electron chi connectivity index (χ2n) is 23.7. The molecule has 21 atom stereocenters. The number of anilines is 1. The van der Waals surface area contributed by atoms with Crippen LogP contribution in [0.15, 0.2) is 41.3 Å². The maximum absolute atomic E-state index is 15.6. The second kappa shape index (κ2) is 11.9. The van der Waals surface area contributed by atoms with E-state index >= 15 is 8.42 Å². The first kappa shape index (κ1) is 34.9. The molecule has 0 aromatic heterocycles. The van der Waals surface area contributed by atoms with Crippen LogP contribution in [0.4, 0.5) is 5.69 Å². The fraction of sp³-hybridized carbons (Fsp3) is 0.731. The number of hydrogen-bond acceptors (Lipinski definition) is 5. The van der Waals surface area contributed by atoms with Gasteiger partial charge in [-0.05, 0) is 262 Å². The van der Waals surface area contributed by atoms with E-state index in [2.05, 4.69) is 12.1 Å². The Balaban J connectivity index is 0.873. The molecule has 15 rings (SSSR count). The first-order valence-corrected chi connectivity index (χ1v) is 26.2. The molecule has 2 amide bonds. The lowest BCUT2D eigenvalue weighted by Gasteiger charge is -2.42. The van der Waals surface area contributed by atoms with Crippen LogP contribution in [0.5, 0.6) is 5.75 Å². The molecule has 12 aliphatic carbocycles. The molecule has 13 fully saturated rings. The maximum Gasteiger partial charge on any atom is 0.339 e. The summed E-state index contributed by atoms with van der Waals surface area (Å²) in [6, 6.07) is 11.8. The maximum atomic E-state index is 15.6. The van der Waals surface area contributed by atoms with Crippen LogP contribution in [-0.2, 0) is 19.7 Å². The van der Waals surface area contributed by atoms with Gasteiger partial charge < -0.3 is 4.18 Å². The number of benzene rings is 2. The third kappa shape index (κ3) is 4.53. The van der Waals surface area contributed by atoms with Crippen LogP contribution in [0.1, 0.15) is 144 Å². The van der Waals surface area contributed by atoms with Gasteiger partial charge in [-0.3, -0.25) is 14.5 Å². The van der Waals surface area contributed by atoms with E-state index in [1.807, 2.05) is 0 Å². The summed E-state index contributed by atoms with van der Waals surface area (Å²) < 4.78 is 37.5. The molecule has 1 aliphatic heterocycles. The zero-order valence-corrected chi connectivity index (χ0v) is 35.3. The highest BCUT2D eigenvalue weighted by Gasteiger charge is 2.66. The molecule has 12 bridgehead atoms. The Morgan fingerprint density at radius 3 is 1.34 bits per heavy atom. The van der Waals surface area contributed by atoms with E-state index in [0.29, 0.717) is 40.2 Å². The minimum atomic E-state index is -4.22. The summed E-state index contributed by atoms with van der Waals surface area (Å²) in [6.07, 6.45) is 20.9. The third-order valence-corrected chi connectivity index (χ3v) is 23.6. The first-order valence-electron chi connectivity index (χ1n) is 24.8. The molecular formula is C52H61NO5S. The highest BCUT2D eigenvalue weighted by atomic mass is 32.2. The fourth-order valence-electron chi connectivity index (χ4n) is 21.2. The Bertz CT molecular complexity index is 2210. The minimum Gasteiger partial charge on any atom is -0.379 e. The van der Waals surface area contributed by atoms with Gasteiger partial charge in [-0.15, -0.1) is 0 Å². The second-order valence-corrected chi connectivity index (χ2v) is 25.1. The van der Waals surface area contributed by atoms with Crippen LogP contribution < -0.4 is 9.08 Å². The van der Waals surface area contributed by atoms with Gasteiger partial charge in [0.1, 0.15) is 10.6 Å². The van der Waals surface area contributed by atoms with Crippen molar-refractivity contribution in [3.8, 4) is 5.75 Å². The largest absolute Gasteiger partial charge is 0.379 e. The van der Waals surface area contributed by atoms with Gasteiger partial charge in [0.15, 0.2) is 0 Å². The van der Waals surface area contributed by atoms with Crippen LogP contribution in [0.25, 0.3) is 0 Å². The Hall–Kier alpha value is -2.67. The molecule has 7 heteroatoms. The Kier molecular flexibility index (Phi) is 7.01. The van der Waals surface area contributed by atoms with Gasteiger partial charge in [-0.2, -0.15) is 8.42 Å². The number of carbonyl (C=O) groups is 2. The van der Waals surface area contributed by atoms with E-state index in [-0.39, 0.29) is 30.4 Å². The summed E-state index contributed by atoms with van der Waals surface area (Å²) in [4.78, 5) is 27.0. The minimum absolute atomic E-state index is 0.204. The molecule has 21 unspecified atom stereocenters. The lowest BCUT2D eigenvalue weighted by atomic mass is 9.63. The molecule has 0 N–H and O–H groups in total. The lowest BCUT2D eigenvalue weighted by Crippen LogP contribution is -2.34. The predicted molar refractivity (Wildman–Crippen MR) is 223 cm³/mol. The smallest absolute Gasteiger partial charge is 0.339 e. The van der Waals surface area contributed by atoms with Crippen molar-refractivity contribution in [2.45, 2.75) is 132 Å².